The van der Waals surface area contributed by atoms with E-state index in [1.807, 2.05) is 6.92 Å². The van der Waals surface area contributed by atoms with Crippen LogP contribution < -0.4 is 10.6 Å². The molecule has 3 rings (SSSR count). The summed E-state index contributed by atoms with van der Waals surface area (Å²) >= 11 is 6.03. The number of amides is 2. The van der Waals surface area contributed by atoms with Gasteiger partial charge in [0.1, 0.15) is 5.82 Å². The number of halogens is 2. The Bertz CT molecular complexity index is 823. The molecule has 0 heterocycles. The van der Waals surface area contributed by atoms with Crippen LogP contribution in [0.15, 0.2) is 42.5 Å². The van der Waals surface area contributed by atoms with E-state index < -0.39 is 0 Å². The molecule has 0 saturated heterocycles. The molecule has 2 unspecified atom stereocenters. The summed E-state index contributed by atoms with van der Waals surface area (Å²) in [5.41, 5.74) is 1.73. The van der Waals surface area contributed by atoms with Crippen LogP contribution in [-0.2, 0) is 4.79 Å². The van der Waals surface area contributed by atoms with Gasteiger partial charge in [-0.15, -0.1) is 0 Å². The molecule has 1 fully saturated rings. The number of benzene rings is 2. The molecule has 1 aliphatic carbocycles. The molecule has 2 N–H and O–H groups in total. The van der Waals surface area contributed by atoms with Gasteiger partial charge in [0.2, 0.25) is 5.91 Å². The third-order valence-corrected chi connectivity index (χ3v) is 4.68. The van der Waals surface area contributed by atoms with Crippen molar-refractivity contribution in [1.29, 1.82) is 0 Å². The van der Waals surface area contributed by atoms with Gasteiger partial charge >= 0.3 is 0 Å². The number of carbonyl (C=O) groups excluding carboxylic acids is 2. The van der Waals surface area contributed by atoms with Gasteiger partial charge in [0.15, 0.2) is 0 Å². The molecule has 2 amide bonds. The van der Waals surface area contributed by atoms with E-state index in [1.54, 1.807) is 30.3 Å². The summed E-state index contributed by atoms with van der Waals surface area (Å²) < 4.78 is 13.0. The van der Waals surface area contributed by atoms with E-state index in [1.165, 1.54) is 12.1 Å². The van der Waals surface area contributed by atoms with Gasteiger partial charge in [0.25, 0.3) is 5.91 Å². The monoisotopic (exact) mass is 374 g/mol. The van der Waals surface area contributed by atoms with Crippen LogP contribution >= 0.6 is 11.6 Å². The minimum absolute atomic E-state index is 0.0761. The SMILES string of the molecule is CCCNC(=O)c1ccc(Cl)cc1NC(=O)C1CC1c1ccc(F)cc1. The third-order valence-electron chi connectivity index (χ3n) is 4.45. The fraction of sp³-hybridized carbons (Fsp3) is 0.300. The highest BCUT2D eigenvalue weighted by Gasteiger charge is 2.44. The average molecular weight is 375 g/mol. The number of rotatable bonds is 6. The van der Waals surface area contributed by atoms with E-state index in [2.05, 4.69) is 10.6 Å². The van der Waals surface area contributed by atoms with Crippen LogP contribution in [0, 0.1) is 11.7 Å². The zero-order valence-electron chi connectivity index (χ0n) is 14.4. The number of nitrogens with one attached hydrogen (secondary N) is 2. The standard InChI is InChI=1S/C20H20ClFN2O2/c1-2-9-23-19(25)15-8-5-13(21)10-18(15)24-20(26)17-11-16(17)12-3-6-14(22)7-4-12/h3-8,10,16-17H,2,9,11H2,1H3,(H,23,25)(H,24,26). The highest BCUT2D eigenvalue weighted by Crippen LogP contribution is 2.48. The summed E-state index contributed by atoms with van der Waals surface area (Å²) in [5.74, 6) is -0.814. The molecule has 2 aromatic rings. The Hall–Kier alpha value is -2.40. The van der Waals surface area contributed by atoms with Gasteiger partial charge in [0.05, 0.1) is 11.3 Å². The Labute approximate surface area is 156 Å². The van der Waals surface area contributed by atoms with Crippen molar-refractivity contribution < 1.29 is 14.0 Å². The Morgan fingerprint density at radius 2 is 1.92 bits per heavy atom. The molecule has 0 spiro atoms. The zero-order chi connectivity index (χ0) is 18.7. The topological polar surface area (TPSA) is 58.2 Å². The predicted octanol–water partition coefficient (Wildman–Crippen LogP) is 4.36. The molecule has 2 aromatic carbocycles. The van der Waals surface area contributed by atoms with Crippen LogP contribution in [-0.4, -0.2) is 18.4 Å². The Balaban J connectivity index is 1.70. The lowest BCUT2D eigenvalue weighted by atomic mass is 10.1. The van der Waals surface area contributed by atoms with Gasteiger partial charge in [-0.05, 0) is 54.7 Å². The minimum atomic E-state index is -0.294. The van der Waals surface area contributed by atoms with E-state index in [9.17, 15) is 14.0 Å². The van der Waals surface area contributed by atoms with Gasteiger partial charge in [0, 0.05) is 17.5 Å². The van der Waals surface area contributed by atoms with Crippen LogP contribution in [0.1, 0.15) is 41.6 Å². The smallest absolute Gasteiger partial charge is 0.253 e. The highest BCUT2D eigenvalue weighted by molar-refractivity contribution is 6.31. The van der Waals surface area contributed by atoms with E-state index in [-0.39, 0.29) is 29.5 Å². The zero-order valence-corrected chi connectivity index (χ0v) is 15.1. The summed E-state index contributed by atoms with van der Waals surface area (Å²) in [5, 5.41) is 6.06. The van der Waals surface area contributed by atoms with Crippen LogP contribution in [0.3, 0.4) is 0 Å². The van der Waals surface area contributed by atoms with E-state index in [0.29, 0.717) is 29.2 Å². The van der Waals surface area contributed by atoms with Gasteiger partial charge in [-0.25, -0.2) is 4.39 Å². The van der Waals surface area contributed by atoms with Crippen molar-refractivity contribution in [2.45, 2.75) is 25.7 Å². The maximum atomic E-state index is 13.0. The van der Waals surface area contributed by atoms with E-state index in [4.69, 9.17) is 11.6 Å². The molecular formula is C20H20ClFN2O2. The first-order valence-corrected chi connectivity index (χ1v) is 9.01. The Kier molecular flexibility index (Phi) is 5.57. The fourth-order valence-corrected chi connectivity index (χ4v) is 3.11. The number of anilines is 1. The minimum Gasteiger partial charge on any atom is -0.352 e. The van der Waals surface area contributed by atoms with Crippen molar-refractivity contribution in [1.82, 2.24) is 5.32 Å². The van der Waals surface area contributed by atoms with Crippen LogP contribution in [0.2, 0.25) is 5.02 Å². The first kappa shape index (κ1) is 18.4. The first-order valence-electron chi connectivity index (χ1n) is 8.63. The van der Waals surface area contributed by atoms with E-state index >= 15 is 0 Å². The maximum absolute atomic E-state index is 13.0. The second-order valence-corrected chi connectivity index (χ2v) is 6.87. The van der Waals surface area contributed by atoms with Crippen molar-refractivity contribution in [3.8, 4) is 0 Å². The normalized spacial score (nSPS) is 18.3. The molecule has 0 radical (unpaired) electrons. The Morgan fingerprint density at radius 1 is 1.19 bits per heavy atom. The molecule has 1 aliphatic rings. The molecular weight excluding hydrogens is 355 g/mol. The van der Waals surface area contributed by atoms with Crippen molar-refractivity contribution in [2.24, 2.45) is 5.92 Å². The van der Waals surface area contributed by atoms with Crippen molar-refractivity contribution in [2.75, 3.05) is 11.9 Å². The largest absolute Gasteiger partial charge is 0.352 e. The average Bonchev–Trinajstić information content (AvgIpc) is 3.41. The lowest BCUT2D eigenvalue weighted by Crippen LogP contribution is -2.26. The molecule has 0 bridgehead atoms. The van der Waals surface area contributed by atoms with Crippen LogP contribution in [0.5, 0.6) is 0 Å². The summed E-state index contributed by atoms with van der Waals surface area (Å²) in [6.45, 7) is 2.53. The summed E-state index contributed by atoms with van der Waals surface area (Å²) in [4.78, 5) is 24.8. The highest BCUT2D eigenvalue weighted by atomic mass is 35.5. The second-order valence-electron chi connectivity index (χ2n) is 6.44. The second kappa shape index (κ2) is 7.87. The lowest BCUT2D eigenvalue weighted by Gasteiger charge is -2.12. The number of carbonyl (C=O) groups is 2. The van der Waals surface area contributed by atoms with Crippen molar-refractivity contribution in [3.63, 3.8) is 0 Å². The van der Waals surface area contributed by atoms with Crippen molar-refractivity contribution >= 4 is 29.1 Å². The molecule has 1 saturated carbocycles. The fourth-order valence-electron chi connectivity index (χ4n) is 2.94. The van der Waals surface area contributed by atoms with Gasteiger partial charge < -0.3 is 10.6 Å². The van der Waals surface area contributed by atoms with Gasteiger partial charge in [-0.1, -0.05) is 30.7 Å². The van der Waals surface area contributed by atoms with Gasteiger partial charge in [-0.2, -0.15) is 0 Å². The maximum Gasteiger partial charge on any atom is 0.253 e. The Morgan fingerprint density at radius 3 is 2.62 bits per heavy atom. The van der Waals surface area contributed by atoms with Crippen molar-refractivity contribution in [3.05, 3.63) is 64.4 Å². The lowest BCUT2D eigenvalue weighted by molar-refractivity contribution is -0.117. The van der Waals surface area contributed by atoms with E-state index in [0.717, 1.165) is 12.0 Å². The molecule has 136 valence electrons. The first-order chi connectivity index (χ1) is 12.5. The van der Waals surface area contributed by atoms with Gasteiger partial charge in [-0.3, -0.25) is 9.59 Å². The van der Waals surface area contributed by atoms with Crippen LogP contribution in [0.25, 0.3) is 0 Å². The molecule has 6 heteroatoms. The molecule has 0 aromatic heterocycles. The summed E-state index contributed by atoms with van der Waals surface area (Å²) in [7, 11) is 0. The molecule has 4 nitrogen and oxygen atoms in total. The number of hydrogen-bond donors (Lipinski definition) is 2. The molecule has 2 atom stereocenters. The summed E-state index contributed by atoms with van der Waals surface area (Å²) in [6.07, 6.45) is 1.53. The third kappa shape index (κ3) is 4.22. The predicted molar refractivity (Wildman–Crippen MR) is 100.0 cm³/mol. The molecule has 26 heavy (non-hydrogen) atoms. The number of hydrogen-bond acceptors (Lipinski definition) is 2. The summed E-state index contributed by atoms with van der Waals surface area (Å²) in [6, 6.07) is 11.0. The van der Waals surface area contributed by atoms with Crippen LogP contribution in [0.4, 0.5) is 10.1 Å². The molecule has 0 aliphatic heterocycles. The quantitative estimate of drug-likeness (QED) is 0.789.